The lowest BCUT2D eigenvalue weighted by Gasteiger charge is -2.28. The number of carbonyl (C=O) groups excluding carboxylic acids is 1. The zero-order chi connectivity index (χ0) is 20.9. The Hall–Kier alpha value is -2.15. The van der Waals surface area contributed by atoms with Gasteiger partial charge in [-0.2, -0.15) is 10.2 Å². The highest BCUT2D eigenvalue weighted by Gasteiger charge is 2.46. The molecule has 4 aliphatic rings. The van der Waals surface area contributed by atoms with Crippen LogP contribution in [0, 0.1) is 23.7 Å². The van der Waals surface area contributed by atoms with E-state index in [1.807, 2.05) is 16.9 Å². The van der Waals surface area contributed by atoms with Gasteiger partial charge in [0.15, 0.2) is 5.82 Å². The van der Waals surface area contributed by atoms with Crippen LogP contribution < -0.4 is 5.32 Å². The Bertz CT molecular complexity index is 930. The Morgan fingerprint density at radius 3 is 2.65 bits per heavy atom. The van der Waals surface area contributed by atoms with Gasteiger partial charge in [0.1, 0.15) is 5.56 Å². The summed E-state index contributed by atoms with van der Waals surface area (Å²) in [6.07, 6.45) is 16.2. The summed E-state index contributed by atoms with van der Waals surface area (Å²) in [5.74, 6) is 3.95. The zero-order valence-electron chi connectivity index (χ0n) is 18.1. The first-order valence-corrected chi connectivity index (χ1v) is 12.2. The minimum atomic E-state index is -0.219. The molecule has 4 saturated carbocycles. The van der Waals surface area contributed by atoms with Crippen molar-refractivity contribution in [2.45, 2.75) is 82.4 Å². The van der Waals surface area contributed by atoms with Gasteiger partial charge in [-0.15, -0.1) is 0 Å². The molecule has 1 amide bonds. The monoisotopic (exact) mass is 423 g/mol. The molecule has 5 atom stereocenters. The second-order valence-electron chi connectivity index (χ2n) is 10.5. The molecule has 0 saturated heterocycles. The lowest BCUT2D eigenvalue weighted by Crippen LogP contribution is -2.41. The molecule has 166 valence electrons. The maximum absolute atomic E-state index is 13.5. The van der Waals surface area contributed by atoms with Gasteiger partial charge < -0.3 is 10.4 Å². The lowest BCUT2D eigenvalue weighted by atomic mass is 9.80. The standard InChI is InChI=1S/C24H33N5O2/c30-19-5-3-18(4-6-19)29-24(28-9-1-8-25-28)21(14-26-29)23(31)27-22-7-2-15-10-16-12-17(11-15)20(22)13-16/h1,8-9,14-20,22,30H,2-7,10-13H2,(H,27,31)/t15?,16?,17?,18-,19+,20?,22-/m0/s1. The maximum atomic E-state index is 13.5. The summed E-state index contributed by atoms with van der Waals surface area (Å²) in [6, 6.07) is 2.35. The molecule has 4 aliphatic carbocycles. The van der Waals surface area contributed by atoms with Crippen molar-refractivity contribution >= 4 is 5.91 Å². The molecule has 4 unspecified atom stereocenters. The second-order valence-corrected chi connectivity index (χ2v) is 10.5. The van der Waals surface area contributed by atoms with Crippen LogP contribution in [0.5, 0.6) is 0 Å². The van der Waals surface area contributed by atoms with Crippen molar-refractivity contribution in [1.82, 2.24) is 24.9 Å². The summed E-state index contributed by atoms with van der Waals surface area (Å²) < 4.78 is 3.74. The van der Waals surface area contributed by atoms with Crippen molar-refractivity contribution in [3.63, 3.8) is 0 Å². The molecule has 31 heavy (non-hydrogen) atoms. The Labute approximate surface area is 183 Å². The third-order valence-electron chi connectivity index (χ3n) is 8.62. The van der Waals surface area contributed by atoms with Crippen molar-refractivity contribution < 1.29 is 9.90 Å². The van der Waals surface area contributed by atoms with Gasteiger partial charge in [0.2, 0.25) is 0 Å². The third kappa shape index (κ3) is 3.51. The van der Waals surface area contributed by atoms with Gasteiger partial charge in [0.05, 0.1) is 18.3 Å². The first kappa shape index (κ1) is 19.5. The minimum Gasteiger partial charge on any atom is -0.393 e. The molecule has 6 rings (SSSR count). The van der Waals surface area contributed by atoms with E-state index < -0.39 is 0 Å². The summed E-state index contributed by atoms with van der Waals surface area (Å²) in [7, 11) is 0. The van der Waals surface area contributed by atoms with Crippen LogP contribution in [0.15, 0.2) is 24.7 Å². The summed E-state index contributed by atoms with van der Waals surface area (Å²) in [4.78, 5) is 13.5. The number of hydrogen-bond acceptors (Lipinski definition) is 4. The molecule has 2 heterocycles. The molecule has 0 aromatic carbocycles. The van der Waals surface area contributed by atoms with E-state index in [4.69, 9.17) is 0 Å². The van der Waals surface area contributed by atoms with Gasteiger partial charge in [0, 0.05) is 18.4 Å². The highest BCUT2D eigenvalue weighted by molar-refractivity contribution is 5.97. The largest absolute Gasteiger partial charge is 0.393 e. The van der Waals surface area contributed by atoms with Crippen LogP contribution in [-0.2, 0) is 0 Å². The van der Waals surface area contributed by atoms with Gasteiger partial charge in [-0.3, -0.25) is 4.79 Å². The summed E-state index contributed by atoms with van der Waals surface area (Å²) in [6.45, 7) is 0. The van der Waals surface area contributed by atoms with E-state index in [1.54, 1.807) is 17.1 Å². The number of aliphatic hydroxyl groups excluding tert-OH is 1. The van der Waals surface area contributed by atoms with Crippen LogP contribution in [-0.4, -0.2) is 42.7 Å². The van der Waals surface area contributed by atoms with Crippen molar-refractivity contribution in [3.8, 4) is 5.82 Å². The van der Waals surface area contributed by atoms with Gasteiger partial charge in [-0.25, -0.2) is 9.36 Å². The van der Waals surface area contributed by atoms with Gasteiger partial charge in [-0.05, 0) is 93.9 Å². The third-order valence-corrected chi connectivity index (χ3v) is 8.62. The average Bonchev–Trinajstić information content (AvgIpc) is 3.48. The topological polar surface area (TPSA) is 85.0 Å². The smallest absolute Gasteiger partial charge is 0.256 e. The Balaban J connectivity index is 1.27. The Kier molecular flexibility index (Phi) is 4.89. The maximum Gasteiger partial charge on any atom is 0.256 e. The lowest BCUT2D eigenvalue weighted by molar-refractivity contribution is 0.0911. The molecule has 0 radical (unpaired) electrons. The number of fused-ring (bicyclic) bond motifs is 2. The molecule has 0 spiro atoms. The Morgan fingerprint density at radius 1 is 1.00 bits per heavy atom. The fourth-order valence-electron chi connectivity index (χ4n) is 7.23. The molecular formula is C24H33N5O2. The number of aromatic nitrogens is 4. The predicted molar refractivity (Wildman–Crippen MR) is 116 cm³/mol. The molecule has 7 heteroatoms. The van der Waals surface area contributed by atoms with Crippen LogP contribution in [0.3, 0.4) is 0 Å². The predicted octanol–water partition coefficient (Wildman–Crippen LogP) is 3.49. The number of amides is 1. The first-order valence-electron chi connectivity index (χ1n) is 12.2. The van der Waals surface area contributed by atoms with E-state index in [9.17, 15) is 9.90 Å². The van der Waals surface area contributed by atoms with Crippen molar-refractivity contribution in [2.24, 2.45) is 23.7 Å². The van der Waals surface area contributed by atoms with Crippen LogP contribution in [0.4, 0.5) is 0 Å². The van der Waals surface area contributed by atoms with Crippen LogP contribution >= 0.6 is 0 Å². The van der Waals surface area contributed by atoms with Gasteiger partial charge in [0.25, 0.3) is 5.91 Å². The Morgan fingerprint density at radius 2 is 1.84 bits per heavy atom. The normalized spacial score (nSPS) is 37.0. The number of nitrogens with one attached hydrogen (secondary N) is 1. The van der Waals surface area contributed by atoms with Crippen molar-refractivity contribution in [2.75, 3.05) is 0 Å². The average molecular weight is 424 g/mol. The molecule has 7 nitrogen and oxygen atoms in total. The van der Waals surface area contributed by atoms with E-state index in [-0.39, 0.29) is 24.1 Å². The number of nitrogens with zero attached hydrogens (tertiary/aromatic N) is 4. The number of carbonyl (C=O) groups is 1. The molecule has 2 aromatic rings. The minimum absolute atomic E-state index is 0.0150. The van der Waals surface area contributed by atoms with Crippen molar-refractivity contribution in [3.05, 3.63) is 30.2 Å². The number of aliphatic hydroxyl groups is 1. The van der Waals surface area contributed by atoms with E-state index in [0.717, 1.165) is 55.7 Å². The van der Waals surface area contributed by atoms with E-state index >= 15 is 0 Å². The highest BCUT2D eigenvalue weighted by atomic mass is 16.3. The summed E-state index contributed by atoms with van der Waals surface area (Å²) >= 11 is 0. The molecule has 4 fully saturated rings. The van der Waals surface area contributed by atoms with Gasteiger partial charge in [-0.1, -0.05) is 0 Å². The van der Waals surface area contributed by atoms with Crippen molar-refractivity contribution in [1.29, 1.82) is 0 Å². The van der Waals surface area contributed by atoms with Crippen LogP contribution in [0.1, 0.15) is 80.6 Å². The summed E-state index contributed by atoms with van der Waals surface area (Å²) in [5.41, 5.74) is 0.610. The molecule has 3 bridgehead atoms. The van der Waals surface area contributed by atoms with E-state index in [2.05, 4.69) is 15.5 Å². The zero-order valence-corrected chi connectivity index (χ0v) is 18.1. The van der Waals surface area contributed by atoms with Crippen LogP contribution in [0.2, 0.25) is 0 Å². The molecular weight excluding hydrogens is 390 g/mol. The van der Waals surface area contributed by atoms with Crippen LogP contribution in [0.25, 0.3) is 5.82 Å². The number of rotatable bonds is 4. The van der Waals surface area contributed by atoms with E-state index in [1.165, 1.54) is 32.1 Å². The molecule has 2 N–H and O–H groups in total. The van der Waals surface area contributed by atoms with E-state index in [0.29, 0.717) is 11.5 Å². The number of hydrogen-bond donors (Lipinski definition) is 2. The van der Waals surface area contributed by atoms with Gasteiger partial charge >= 0.3 is 0 Å². The quantitative estimate of drug-likeness (QED) is 0.788. The molecule has 0 aliphatic heterocycles. The highest BCUT2D eigenvalue weighted by Crippen LogP contribution is 2.53. The SMILES string of the molecule is O=C(N[C@H]1CCC2CC3CC(C2)C1C3)c1cnn([C@H]2CC[C@@H](O)CC2)c1-n1cccn1. The fourth-order valence-corrected chi connectivity index (χ4v) is 7.23. The fraction of sp³-hybridized carbons (Fsp3) is 0.708. The molecule has 2 aromatic heterocycles. The second kappa shape index (κ2) is 7.76. The summed E-state index contributed by atoms with van der Waals surface area (Å²) in [5, 5.41) is 22.4. The first-order chi connectivity index (χ1) is 15.2.